The van der Waals surface area contributed by atoms with Gasteiger partial charge in [-0.2, -0.15) is 0 Å². The third kappa shape index (κ3) is 1.55. The second-order valence-electron chi connectivity index (χ2n) is 4.29. The molecule has 0 aliphatic rings. The predicted octanol–water partition coefficient (Wildman–Crippen LogP) is 3.24. The molecule has 2 N–H and O–H groups in total. The van der Waals surface area contributed by atoms with Crippen LogP contribution >= 0.6 is 11.3 Å². The highest BCUT2D eigenvalue weighted by atomic mass is 32.1. The summed E-state index contributed by atoms with van der Waals surface area (Å²) in [5, 5.41) is 0.939. The second-order valence-corrected chi connectivity index (χ2v) is 5.32. The summed E-state index contributed by atoms with van der Waals surface area (Å²) >= 11 is 1.28. The molecule has 0 bridgehead atoms. The summed E-state index contributed by atoms with van der Waals surface area (Å²) in [6, 6.07) is 8.43. The van der Waals surface area contributed by atoms with Crippen LogP contribution in [0, 0.1) is 0 Å². The molecule has 3 aromatic heterocycles. The number of nitrogens with two attached hydrogens (primary N) is 1. The Kier molecular flexibility index (Phi) is 2.22. The fourth-order valence-electron chi connectivity index (χ4n) is 2.19. The number of nitrogens with zero attached hydrogens (tertiary/aromatic N) is 1. The minimum absolute atomic E-state index is 0.132. The third-order valence-electron chi connectivity index (χ3n) is 3.03. The summed E-state index contributed by atoms with van der Waals surface area (Å²) in [6.45, 7) is 0. The zero-order valence-corrected chi connectivity index (χ0v) is 10.9. The minimum atomic E-state index is -0.132. The van der Waals surface area contributed by atoms with E-state index in [0.717, 1.165) is 4.70 Å². The first kappa shape index (κ1) is 11.2. The lowest BCUT2D eigenvalue weighted by Gasteiger charge is -2.00. The molecule has 0 radical (unpaired) electrons. The van der Waals surface area contributed by atoms with E-state index in [2.05, 4.69) is 4.98 Å². The lowest BCUT2D eigenvalue weighted by atomic mass is 10.2. The normalized spacial score (nSPS) is 11.4. The lowest BCUT2D eigenvalue weighted by molar-refractivity contribution is 0.537. The van der Waals surface area contributed by atoms with E-state index in [4.69, 9.17) is 14.6 Å². The van der Waals surface area contributed by atoms with Gasteiger partial charge in [0, 0.05) is 6.07 Å². The smallest absolute Gasteiger partial charge is 0.194 e. The summed E-state index contributed by atoms with van der Waals surface area (Å²) in [4.78, 5) is 16.5. The van der Waals surface area contributed by atoms with Crippen LogP contribution in [0.3, 0.4) is 0 Å². The molecule has 6 heteroatoms. The van der Waals surface area contributed by atoms with E-state index in [1.165, 1.54) is 23.7 Å². The highest BCUT2D eigenvalue weighted by Crippen LogP contribution is 2.31. The Morgan fingerprint density at radius 2 is 2.10 bits per heavy atom. The number of rotatable bonds is 1. The Morgan fingerprint density at radius 1 is 1.20 bits per heavy atom. The predicted molar refractivity (Wildman–Crippen MR) is 77.8 cm³/mol. The molecular formula is C14H8N2O3S. The molecule has 98 valence electrons. The first-order valence-corrected chi connectivity index (χ1v) is 6.71. The first-order valence-electron chi connectivity index (χ1n) is 5.89. The number of anilines is 1. The van der Waals surface area contributed by atoms with Gasteiger partial charge in [0.25, 0.3) is 0 Å². The first-order chi connectivity index (χ1) is 9.72. The van der Waals surface area contributed by atoms with Crippen molar-refractivity contribution in [2.24, 2.45) is 0 Å². The number of benzene rings is 1. The maximum Gasteiger partial charge on any atom is 0.194 e. The topological polar surface area (TPSA) is 82.3 Å². The van der Waals surface area contributed by atoms with Gasteiger partial charge in [-0.1, -0.05) is 11.3 Å². The van der Waals surface area contributed by atoms with E-state index in [-0.39, 0.29) is 5.43 Å². The molecule has 0 unspecified atom stereocenters. The number of hydrogen-bond donors (Lipinski definition) is 1. The number of aromatic nitrogens is 1. The minimum Gasteiger partial charge on any atom is -0.461 e. The maximum atomic E-state index is 12.4. The van der Waals surface area contributed by atoms with Crippen molar-refractivity contribution in [1.82, 2.24) is 4.98 Å². The molecule has 20 heavy (non-hydrogen) atoms. The van der Waals surface area contributed by atoms with Crippen molar-refractivity contribution in [3.05, 3.63) is 46.8 Å². The standard InChI is InChI=1S/C14H8N2O3S/c15-14-16-7-3-4-10-12(13(7)20-14)8(17)6-11(19-10)9-2-1-5-18-9/h1-6H,(H2,15,16). The van der Waals surface area contributed by atoms with Crippen LogP contribution < -0.4 is 11.2 Å². The Morgan fingerprint density at radius 3 is 2.90 bits per heavy atom. The quantitative estimate of drug-likeness (QED) is 0.580. The van der Waals surface area contributed by atoms with Gasteiger partial charge in [0.2, 0.25) is 0 Å². The van der Waals surface area contributed by atoms with Crippen LogP contribution in [0.5, 0.6) is 0 Å². The number of nitrogen functional groups attached to an aromatic ring is 1. The summed E-state index contributed by atoms with van der Waals surface area (Å²) in [5.41, 5.74) is 6.77. The highest BCUT2D eigenvalue weighted by Gasteiger charge is 2.13. The molecule has 1 aromatic carbocycles. The molecule has 0 spiro atoms. The Bertz CT molecular complexity index is 983. The maximum absolute atomic E-state index is 12.4. The van der Waals surface area contributed by atoms with Crippen molar-refractivity contribution >= 4 is 37.7 Å². The molecule has 0 aliphatic heterocycles. The molecule has 0 fully saturated rings. The zero-order valence-electron chi connectivity index (χ0n) is 10.1. The van der Waals surface area contributed by atoms with Crippen molar-refractivity contribution in [1.29, 1.82) is 0 Å². The van der Waals surface area contributed by atoms with Gasteiger partial charge in [-0.15, -0.1) is 0 Å². The lowest BCUT2D eigenvalue weighted by Crippen LogP contribution is -2.00. The summed E-state index contributed by atoms with van der Waals surface area (Å²) in [6.07, 6.45) is 1.53. The molecule has 4 rings (SSSR count). The van der Waals surface area contributed by atoms with Gasteiger partial charge in [0.15, 0.2) is 22.1 Å². The third-order valence-corrected chi connectivity index (χ3v) is 3.95. The van der Waals surface area contributed by atoms with Gasteiger partial charge < -0.3 is 14.6 Å². The van der Waals surface area contributed by atoms with Gasteiger partial charge in [0.05, 0.1) is 21.9 Å². The number of fused-ring (bicyclic) bond motifs is 3. The van der Waals surface area contributed by atoms with Crippen LogP contribution in [0.2, 0.25) is 0 Å². The van der Waals surface area contributed by atoms with Crippen LogP contribution in [-0.4, -0.2) is 4.98 Å². The van der Waals surface area contributed by atoms with Crippen LogP contribution in [0.25, 0.3) is 32.7 Å². The average Bonchev–Trinajstić information content (AvgIpc) is 3.05. The van der Waals surface area contributed by atoms with Crippen molar-refractivity contribution in [3.8, 4) is 11.5 Å². The largest absolute Gasteiger partial charge is 0.461 e. The van der Waals surface area contributed by atoms with Gasteiger partial charge in [0.1, 0.15) is 5.58 Å². The number of thiazole rings is 1. The van der Waals surface area contributed by atoms with Crippen molar-refractivity contribution in [2.75, 3.05) is 5.73 Å². The van der Waals surface area contributed by atoms with Crippen LogP contribution in [0.4, 0.5) is 5.13 Å². The fraction of sp³-hybridized carbons (Fsp3) is 0. The molecule has 0 amide bonds. The molecule has 3 heterocycles. The van der Waals surface area contributed by atoms with Crippen LogP contribution in [-0.2, 0) is 0 Å². The van der Waals surface area contributed by atoms with Crippen LogP contribution in [0.15, 0.2) is 50.2 Å². The monoisotopic (exact) mass is 284 g/mol. The number of hydrogen-bond acceptors (Lipinski definition) is 6. The van der Waals surface area contributed by atoms with Crippen molar-refractivity contribution in [2.45, 2.75) is 0 Å². The Balaban J connectivity index is 2.12. The molecule has 0 saturated carbocycles. The Hall–Kier alpha value is -2.60. The second kappa shape index (κ2) is 3.94. The molecule has 0 atom stereocenters. The van der Waals surface area contributed by atoms with Gasteiger partial charge >= 0.3 is 0 Å². The molecule has 5 nitrogen and oxygen atoms in total. The van der Waals surface area contributed by atoms with Gasteiger partial charge in [-0.25, -0.2) is 4.98 Å². The van der Waals surface area contributed by atoms with Crippen LogP contribution in [0.1, 0.15) is 0 Å². The summed E-state index contributed by atoms with van der Waals surface area (Å²) in [5.74, 6) is 0.928. The molecular weight excluding hydrogens is 276 g/mol. The molecule has 0 aliphatic carbocycles. The van der Waals surface area contributed by atoms with Crippen molar-refractivity contribution < 1.29 is 8.83 Å². The summed E-state index contributed by atoms with van der Waals surface area (Å²) in [7, 11) is 0. The number of furan rings is 1. The van der Waals surface area contributed by atoms with Gasteiger partial charge in [-0.3, -0.25) is 4.79 Å². The Labute approximate surface area is 116 Å². The van der Waals surface area contributed by atoms with E-state index < -0.39 is 0 Å². The average molecular weight is 284 g/mol. The van der Waals surface area contributed by atoms with E-state index in [9.17, 15) is 4.79 Å². The fourth-order valence-corrected chi connectivity index (χ4v) is 3.06. The highest BCUT2D eigenvalue weighted by molar-refractivity contribution is 7.22. The van der Waals surface area contributed by atoms with E-state index in [1.54, 1.807) is 24.3 Å². The zero-order chi connectivity index (χ0) is 13.7. The molecule has 0 saturated heterocycles. The van der Waals surface area contributed by atoms with E-state index in [0.29, 0.717) is 33.1 Å². The van der Waals surface area contributed by atoms with Gasteiger partial charge in [-0.05, 0) is 24.3 Å². The van der Waals surface area contributed by atoms with E-state index in [1.807, 2.05) is 0 Å². The summed E-state index contributed by atoms with van der Waals surface area (Å²) < 4.78 is 11.8. The van der Waals surface area contributed by atoms with E-state index >= 15 is 0 Å². The SMILES string of the molecule is Nc1nc2ccc3oc(-c4ccco4)cc(=O)c3c2s1. The van der Waals surface area contributed by atoms with Crippen molar-refractivity contribution in [3.63, 3.8) is 0 Å². The molecule has 4 aromatic rings.